The van der Waals surface area contributed by atoms with Crippen molar-refractivity contribution in [3.63, 3.8) is 0 Å². The van der Waals surface area contributed by atoms with Crippen LogP contribution in [0.1, 0.15) is 8.22 Å². The van der Waals surface area contributed by atoms with Gasteiger partial charge in [-0.15, -0.1) is 0 Å². The highest BCUT2D eigenvalue weighted by Crippen LogP contribution is 2.46. The molecule has 8 rings (SSSR count). The van der Waals surface area contributed by atoms with Gasteiger partial charge >= 0.3 is 0 Å². The summed E-state index contributed by atoms with van der Waals surface area (Å²) in [6.07, 6.45) is 0. The Kier molecular flexibility index (Phi) is 4.01. The van der Waals surface area contributed by atoms with E-state index in [1.807, 2.05) is 54.6 Å². The number of fused-ring (bicyclic) bond motifs is 4. The van der Waals surface area contributed by atoms with Crippen molar-refractivity contribution in [3.05, 3.63) is 158 Å². The third-order valence-corrected chi connectivity index (χ3v) is 7.83. The van der Waals surface area contributed by atoms with E-state index in [0.29, 0.717) is 21.9 Å². The first kappa shape index (κ1) is 17.4. The van der Waals surface area contributed by atoms with E-state index in [1.54, 1.807) is 12.1 Å². The van der Waals surface area contributed by atoms with Crippen LogP contribution in [0.3, 0.4) is 0 Å². The molecule has 0 aromatic heterocycles. The maximum atomic E-state index is 9.23. The summed E-state index contributed by atoms with van der Waals surface area (Å²) in [6, 6.07) is 39.2. The Morgan fingerprint density at radius 3 is 1.80 bits per heavy atom. The normalized spacial score (nSPS) is 13.6. The zero-order valence-corrected chi connectivity index (χ0v) is 21.5. The fourth-order valence-electron chi connectivity index (χ4n) is 6.07. The molecular formula is C40H26. The molecule has 8 aromatic rings. The quantitative estimate of drug-likeness (QED) is 0.207. The van der Waals surface area contributed by atoms with Crippen LogP contribution in [-0.4, -0.2) is 0 Å². The third kappa shape index (κ3) is 3.54. The minimum absolute atomic E-state index is 0.121. The molecule has 8 aromatic carbocycles. The second-order valence-corrected chi connectivity index (χ2v) is 10.0. The van der Waals surface area contributed by atoms with Crippen LogP contribution in [0.15, 0.2) is 158 Å². The minimum atomic E-state index is -0.319. The number of rotatable bonds is 3. The maximum absolute atomic E-state index is 9.23. The summed E-state index contributed by atoms with van der Waals surface area (Å²) in [7, 11) is 0. The average Bonchev–Trinajstić information content (AvgIpc) is 3.08. The molecule has 0 atom stereocenters. The van der Waals surface area contributed by atoms with Crippen molar-refractivity contribution in [1.29, 1.82) is 0 Å². The molecular weight excluding hydrogens is 480 g/mol. The van der Waals surface area contributed by atoms with E-state index in [9.17, 15) is 1.37 Å². The van der Waals surface area contributed by atoms with Crippen LogP contribution in [-0.2, 0) is 0 Å². The Morgan fingerprint density at radius 1 is 0.350 bits per heavy atom. The molecule has 0 aliphatic carbocycles. The molecule has 0 radical (unpaired) electrons. The monoisotopic (exact) mass is 512 g/mol. The first-order valence-corrected chi connectivity index (χ1v) is 13.4. The van der Waals surface area contributed by atoms with E-state index in [-0.39, 0.29) is 36.3 Å². The molecule has 0 fully saturated rings. The predicted octanol–water partition coefficient (Wildman–Crippen LogP) is 11.3. The van der Waals surface area contributed by atoms with Crippen LogP contribution in [0, 0.1) is 0 Å². The lowest BCUT2D eigenvalue weighted by molar-refractivity contribution is 1.65. The molecule has 0 saturated carbocycles. The summed E-state index contributed by atoms with van der Waals surface area (Å²) in [5.41, 5.74) is 4.85. The van der Waals surface area contributed by atoms with Crippen molar-refractivity contribution in [2.75, 3.05) is 0 Å². The summed E-state index contributed by atoms with van der Waals surface area (Å²) < 4.78 is 52.6. The van der Waals surface area contributed by atoms with Crippen molar-refractivity contribution >= 4 is 43.1 Å². The van der Waals surface area contributed by atoms with E-state index in [4.69, 9.17) is 6.85 Å². The summed E-state index contributed by atoms with van der Waals surface area (Å²) in [4.78, 5) is 0. The molecule has 0 N–H and O–H groups in total. The van der Waals surface area contributed by atoms with Gasteiger partial charge in [-0.25, -0.2) is 0 Å². The largest absolute Gasteiger partial charge is 0.0629 e. The summed E-state index contributed by atoms with van der Waals surface area (Å²) in [5.74, 6) is 0. The molecule has 186 valence electrons. The maximum Gasteiger partial charge on any atom is 0.0629 e. The number of hydrogen-bond acceptors (Lipinski definition) is 0. The van der Waals surface area contributed by atoms with Gasteiger partial charge in [-0.3, -0.25) is 0 Å². The second-order valence-electron chi connectivity index (χ2n) is 10.0. The Morgan fingerprint density at radius 2 is 1.00 bits per heavy atom. The van der Waals surface area contributed by atoms with Gasteiger partial charge in [-0.05, 0) is 82.5 Å². The molecule has 0 amide bonds. The van der Waals surface area contributed by atoms with Gasteiger partial charge in [0.15, 0.2) is 0 Å². The van der Waals surface area contributed by atoms with Gasteiger partial charge in [0.25, 0.3) is 0 Å². The summed E-state index contributed by atoms with van der Waals surface area (Å²) in [6.45, 7) is 0. The molecule has 0 aliphatic rings. The van der Waals surface area contributed by atoms with Crippen LogP contribution in [0.4, 0.5) is 0 Å². The Labute approximate surface area is 242 Å². The summed E-state index contributed by atoms with van der Waals surface area (Å²) in [5, 5.41) is 6.73. The standard InChI is InChI=1S/C40H26/c1-2-13-28(14-3-1)39-35-16-6-8-18-37(35)40(38-19-9-7-17-36(38)39)34-23-11-21-32-31(20-10-22-33(32)34)30-25-24-27-12-4-5-15-29(27)26-30/h1-26H/i1D,6D,8D,13D,16D,18D. The topological polar surface area (TPSA) is 0 Å². The molecule has 0 bridgehead atoms. The lowest BCUT2D eigenvalue weighted by Crippen LogP contribution is -1.92. The SMILES string of the molecule is [2H]c1ccc(-c2c3ccccc3c(-c3cccc4c(-c5ccc6ccccc6c5)cccc34)c3c([2H])c([2H])c([2H])c([2H])c23)c([2H])c1. The van der Waals surface area contributed by atoms with Gasteiger partial charge in [-0.1, -0.05) is 152 Å². The van der Waals surface area contributed by atoms with Crippen LogP contribution < -0.4 is 0 Å². The molecule has 0 spiro atoms. The highest BCUT2D eigenvalue weighted by atomic mass is 14.2. The highest BCUT2D eigenvalue weighted by molar-refractivity contribution is 6.24. The fourth-order valence-corrected chi connectivity index (χ4v) is 6.07. The molecule has 0 aliphatic heterocycles. The summed E-state index contributed by atoms with van der Waals surface area (Å²) >= 11 is 0. The smallest absolute Gasteiger partial charge is 0.0622 e. The highest BCUT2D eigenvalue weighted by Gasteiger charge is 2.18. The molecule has 0 unspecified atom stereocenters. The van der Waals surface area contributed by atoms with Crippen LogP contribution in [0.2, 0.25) is 0 Å². The average molecular weight is 513 g/mol. The molecule has 0 heterocycles. The van der Waals surface area contributed by atoms with Gasteiger partial charge in [0.1, 0.15) is 0 Å². The van der Waals surface area contributed by atoms with E-state index in [2.05, 4.69) is 48.5 Å². The second kappa shape index (κ2) is 9.22. The van der Waals surface area contributed by atoms with Crippen molar-refractivity contribution in [2.24, 2.45) is 0 Å². The lowest BCUT2D eigenvalue weighted by Gasteiger charge is -2.19. The number of benzene rings is 8. The molecule has 0 heteroatoms. The Hall–Kier alpha value is -5.20. The van der Waals surface area contributed by atoms with Gasteiger partial charge in [0.05, 0.1) is 8.22 Å². The van der Waals surface area contributed by atoms with E-state index >= 15 is 0 Å². The van der Waals surface area contributed by atoms with Crippen LogP contribution in [0.25, 0.3) is 76.5 Å². The fraction of sp³-hybridized carbons (Fsp3) is 0. The van der Waals surface area contributed by atoms with E-state index in [0.717, 1.165) is 49.2 Å². The zero-order valence-electron chi connectivity index (χ0n) is 27.5. The van der Waals surface area contributed by atoms with E-state index in [1.165, 1.54) is 11.5 Å². The minimum Gasteiger partial charge on any atom is -0.0622 e. The zero-order chi connectivity index (χ0) is 31.7. The van der Waals surface area contributed by atoms with Gasteiger partial charge in [0.2, 0.25) is 0 Å². The van der Waals surface area contributed by atoms with E-state index < -0.39 is 0 Å². The Balaban J connectivity index is 1.53. The van der Waals surface area contributed by atoms with Gasteiger partial charge < -0.3 is 0 Å². The Bertz CT molecular complexity index is 2550. The first-order valence-electron chi connectivity index (χ1n) is 16.4. The molecule has 40 heavy (non-hydrogen) atoms. The van der Waals surface area contributed by atoms with Crippen molar-refractivity contribution in [2.45, 2.75) is 0 Å². The predicted molar refractivity (Wildman–Crippen MR) is 173 cm³/mol. The van der Waals surface area contributed by atoms with Crippen molar-refractivity contribution in [1.82, 2.24) is 0 Å². The molecule has 0 saturated heterocycles. The van der Waals surface area contributed by atoms with Gasteiger partial charge in [0, 0.05) is 0 Å². The number of hydrogen-bond donors (Lipinski definition) is 0. The third-order valence-electron chi connectivity index (χ3n) is 7.83. The molecule has 0 nitrogen and oxygen atoms in total. The van der Waals surface area contributed by atoms with Crippen LogP contribution in [0.5, 0.6) is 0 Å². The van der Waals surface area contributed by atoms with Gasteiger partial charge in [-0.2, -0.15) is 0 Å². The van der Waals surface area contributed by atoms with Crippen molar-refractivity contribution in [3.8, 4) is 33.4 Å². The first-order chi connectivity index (χ1) is 22.3. The lowest BCUT2D eigenvalue weighted by atomic mass is 9.84. The van der Waals surface area contributed by atoms with Crippen LogP contribution >= 0.6 is 0 Å². The van der Waals surface area contributed by atoms with Crippen molar-refractivity contribution < 1.29 is 8.22 Å².